The minimum absolute atomic E-state index is 0.153. The smallest absolute Gasteiger partial charge is 0.294 e. The fourth-order valence-electron chi connectivity index (χ4n) is 1.73. The molecule has 0 atom stereocenters. The highest BCUT2D eigenvalue weighted by molar-refractivity contribution is 6.42. The third-order valence-corrected chi connectivity index (χ3v) is 2.93. The van der Waals surface area contributed by atoms with E-state index in [0.717, 1.165) is 0 Å². The summed E-state index contributed by atoms with van der Waals surface area (Å²) in [6.45, 7) is 5.26. The molecule has 1 rings (SSSR count). The van der Waals surface area contributed by atoms with Gasteiger partial charge in [-0.25, -0.2) is 0 Å². The number of rotatable bonds is 5. The van der Waals surface area contributed by atoms with Crippen molar-refractivity contribution in [2.24, 2.45) is 5.41 Å². The first-order valence-electron chi connectivity index (χ1n) is 6.68. The summed E-state index contributed by atoms with van der Waals surface area (Å²) in [7, 11) is 1.53. The van der Waals surface area contributed by atoms with E-state index in [1.807, 2.05) is 6.07 Å². The van der Waals surface area contributed by atoms with Gasteiger partial charge in [-0.3, -0.25) is 9.59 Å². The summed E-state index contributed by atoms with van der Waals surface area (Å²) >= 11 is 0. The fourth-order valence-corrected chi connectivity index (χ4v) is 1.73. The number of nitrogens with zero attached hydrogens (tertiary/aromatic N) is 2. The van der Waals surface area contributed by atoms with E-state index in [-0.39, 0.29) is 13.0 Å². The molecule has 21 heavy (non-hydrogen) atoms. The zero-order valence-electron chi connectivity index (χ0n) is 12.8. The van der Waals surface area contributed by atoms with Crippen LogP contribution < -0.4 is 9.64 Å². The van der Waals surface area contributed by atoms with Crippen LogP contribution in [0.5, 0.6) is 5.75 Å². The Kier molecular flexibility index (Phi) is 5.48. The molecule has 0 saturated carbocycles. The number of Topliss-reactive ketones (excluding diaryl/α,β-unsaturated/α-hetero) is 1. The van der Waals surface area contributed by atoms with E-state index in [9.17, 15) is 9.59 Å². The minimum atomic E-state index is -0.763. The van der Waals surface area contributed by atoms with Gasteiger partial charge in [0.25, 0.3) is 5.91 Å². The van der Waals surface area contributed by atoms with E-state index < -0.39 is 17.1 Å². The van der Waals surface area contributed by atoms with E-state index in [4.69, 9.17) is 10.00 Å². The summed E-state index contributed by atoms with van der Waals surface area (Å²) in [6, 6.07) is 8.87. The number of carbonyl (C=O) groups is 2. The standard InChI is InChI=1S/C16H20N2O3/c1-16(2,3)14(19)15(20)18(10-6-9-17)12-7-5-8-13(11-12)21-4/h5,7-8,11H,6,10H2,1-4H3. The highest BCUT2D eigenvalue weighted by Gasteiger charge is 2.32. The van der Waals surface area contributed by atoms with E-state index in [2.05, 4.69) is 0 Å². The van der Waals surface area contributed by atoms with Crippen molar-refractivity contribution in [2.75, 3.05) is 18.6 Å². The molecule has 0 spiro atoms. The van der Waals surface area contributed by atoms with Gasteiger partial charge in [-0.1, -0.05) is 26.8 Å². The van der Waals surface area contributed by atoms with Crippen molar-refractivity contribution >= 4 is 17.4 Å². The molecule has 0 aromatic heterocycles. The van der Waals surface area contributed by atoms with Crippen LogP contribution in [0.3, 0.4) is 0 Å². The number of hydrogen-bond donors (Lipinski definition) is 0. The number of nitriles is 1. The zero-order valence-corrected chi connectivity index (χ0v) is 12.8. The molecule has 5 heteroatoms. The number of carbonyl (C=O) groups excluding carboxylic acids is 2. The minimum Gasteiger partial charge on any atom is -0.497 e. The van der Waals surface area contributed by atoms with Crippen LogP contribution in [0.4, 0.5) is 5.69 Å². The lowest BCUT2D eigenvalue weighted by atomic mass is 9.90. The van der Waals surface area contributed by atoms with Gasteiger partial charge in [0, 0.05) is 23.7 Å². The Morgan fingerprint density at radius 3 is 2.52 bits per heavy atom. The molecule has 0 heterocycles. The molecule has 0 radical (unpaired) electrons. The van der Waals surface area contributed by atoms with Crippen LogP contribution in [0, 0.1) is 16.7 Å². The van der Waals surface area contributed by atoms with Gasteiger partial charge in [-0.2, -0.15) is 5.26 Å². The molecule has 1 aromatic carbocycles. The van der Waals surface area contributed by atoms with E-state index in [1.165, 1.54) is 12.0 Å². The van der Waals surface area contributed by atoms with Crippen molar-refractivity contribution in [3.05, 3.63) is 24.3 Å². The number of ether oxygens (including phenoxy) is 1. The normalized spacial score (nSPS) is 10.6. The summed E-state index contributed by atoms with van der Waals surface area (Å²) in [5.74, 6) is -0.500. The number of hydrogen-bond acceptors (Lipinski definition) is 4. The van der Waals surface area contributed by atoms with Crippen molar-refractivity contribution in [2.45, 2.75) is 27.2 Å². The van der Waals surface area contributed by atoms with Crippen LogP contribution in [-0.4, -0.2) is 25.3 Å². The first kappa shape index (κ1) is 16.7. The fraction of sp³-hybridized carbons (Fsp3) is 0.438. The lowest BCUT2D eigenvalue weighted by Crippen LogP contribution is -2.42. The van der Waals surface area contributed by atoms with E-state index >= 15 is 0 Å². The van der Waals surface area contributed by atoms with Gasteiger partial charge < -0.3 is 9.64 Å². The molecule has 5 nitrogen and oxygen atoms in total. The predicted octanol–water partition coefficient (Wildman–Crippen LogP) is 2.56. The van der Waals surface area contributed by atoms with Crippen LogP contribution in [0.15, 0.2) is 24.3 Å². The van der Waals surface area contributed by atoms with Crippen molar-refractivity contribution in [1.29, 1.82) is 5.26 Å². The Bertz CT molecular complexity index is 568. The Morgan fingerprint density at radius 1 is 1.33 bits per heavy atom. The van der Waals surface area contributed by atoms with Crippen LogP contribution in [0.1, 0.15) is 27.2 Å². The van der Waals surface area contributed by atoms with Crippen LogP contribution in [-0.2, 0) is 9.59 Å². The second-order valence-electron chi connectivity index (χ2n) is 5.65. The number of ketones is 1. The average Bonchev–Trinajstić information content (AvgIpc) is 2.45. The van der Waals surface area contributed by atoms with Crippen LogP contribution in [0.2, 0.25) is 0 Å². The molecule has 0 fully saturated rings. The molecule has 1 amide bonds. The maximum absolute atomic E-state index is 12.4. The molecule has 0 saturated heterocycles. The predicted molar refractivity (Wildman–Crippen MR) is 80.0 cm³/mol. The average molecular weight is 288 g/mol. The third-order valence-electron chi connectivity index (χ3n) is 2.93. The molecule has 112 valence electrons. The molecular formula is C16H20N2O3. The summed E-state index contributed by atoms with van der Waals surface area (Å²) < 4.78 is 5.13. The molecule has 0 bridgehead atoms. The molecule has 0 aliphatic heterocycles. The lowest BCUT2D eigenvalue weighted by molar-refractivity contribution is -0.140. The van der Waals surface area contributed by atoms with Gasteiger partial charge >= 0.3 is 0 Å². The maximum Gasteiger partial charge on any atom is 0.294 e. The first-order chi connectivity index (χ1) is 9.81. The Morgan fingerprint density at radius 2 is 2.00 bits per heavy atom. The summed E-state index contributed by atoms with van der Waals surface area (Å²) in [4.78, 5) is 25.9. The van der Waals surface area contributed by atoms with Crippen LogP contribution >= 0.6 is 0 Å². The Balaban J connectivity index is 3.13. The van der Waals surface area contributed by atoms with E-state index in [1.54, 1.807) is 45.0 Å². The van der Waals surface area contributed by atoms with Gasteiger partial charge in [-0.05, 0) is 12.1 Å². The van der Waals surface area contributed by atoms with Gasteiger partial charge in [-0.15, -0.1) is 0 Å². The van der Waals surface area contributed by atoms with Crippen molar-refractivity contribution in [1.82, 2.24) is 0 Å². The Labute approximate surface area is 125 Å². The molecule has 1 aromatic rings. The molecule has 0 unspecified atom stereocenters. The van der Waals surface area contributed by atoms with E-state index in [0.29, 0.717) is 11.4 Å². The van der Waals surface area contributed by atoms with Crippen molar-refractivity contribution in [3.8, 4) is 11.8 Å². The third kappa shape index (κ3) is 4.32. The first-order valence-corrected chi connectivity index (χ1v) is 6.68. The summed E-state index contributed by atoms with van der Waals surface area (Å²) in [5.41, 5.74) is -0.215. The topological polar surface area (TPSA) is 70.4 Å². The van der Waals surface area contributed by atoms with Gasteiger partial charge in [0.1, 0.15) is 5.75 Å². The van der Waals surface area contributed by atoms with Crippen molar-refractivity contribution < 1.29 is 14.3 Å². The van der Waals surface area contributed by atoms with Gasteiger partial charge in [0.05, 0.1) is 19.6 Å². The number of benzene rings is 1. The SMILES string of the molecule is COc1cccc(N(CCC#N)C(=O)C(=O)C(C)(C)C)c1. The molecule has 0 N–H and O–H groups in total. The van der Waals surface area contributed by atoms with Crippen LogP contribution in [0.25, 0.3) is 0 Å². The Hall–Kier alpha value is -2.35. The number of amides is 1. The largest absolute Gasteiger partial charge is 0.497 e. The number of anilines is 1. The monoisotopic (exact) mass is 288 g/mol. The summed E-state index contributed by atoms with van der Waals surface area (Å²) in [5, 5.41) is 8.75. The highest BCUT2D eigenvalue weighted by Crippen LogP contribution is 2.24. The molecular weight excluding hydrogens is 268 g/mol. The quantitative estimate of drug-likeness (QED) is 0.781. The van der Waals surface area contributed by atoms with Gasteiger partial charge in [0.15, 0.2) is 0 Å². The molecule has 0 aliphatic carbocycles. The lowest BCUT2D eigenvalue weighted by Gasteiger charge is -2.25. The van der Waals surface area contributed by atoms with Crippen molar-refractivity contribution in [3.63, 3.8) is 0 Å². The highest BCUT2D eigenvalue weighted by atomic mass is 16.5. The second-order valence-corrected chi connectivity index (χ2v) is 5.65. The van der Waals surface area contributed by atoms with Gasteiger partial charge in [0.2, 0.25) is 5.78 Å². The second kappa shape index (κ2) is 6.89. The zero-order chi connectivity index (χ0) is 16.0. The number of methoxy groups -OCH3 is 1. The molecule has 0 aliphatic rings. The summed E-state index contributed by atoms with van der Waals surface area (Å²) in [6.07, 6.45) is 0.153. The maximum atomic E-state index is 12.4.